The fraction of sp³-hybridized carbons (Fsp3) is 0.500. The second-order valence-corrected chi connectivity index (χ2v) is 5.21. The van der Waals surface area contributed by atoms with Crippen LogP contribution in [-0.4, -0.2) is 17.8 Å². The van der Waals surface area contributed by atoms with Crippen LogP contribution < -0.4 is 5.32 Å². The van der Waals surface area contributed by atoms with Crippen LogP contribution in [0.15, 0.2) is 18.2 Å². The molecule has 0 atom stereocenters. The van der Waals surface area contributed by atoms with E-state index in [2.05, 4.69) is 35.1 Å². The largest absolute Gasteiger partial charge is 0.351 e. The van der Waals surface area contributed by atoms with Gasteiger partial charge in [0, 0.05) is 17.4 Å². The van der Waals surface area contributed by atoms with E-state index in [9.17, 15) is 13.6 Å². The van der Waals surface area contributed by atoms with E-state index in [1.807, 2.05) is 0 Å². The van der Waals surface area contributed by atoms with Gasteiger partial charge in [-0.2, -0.15) is 0 Å². The third kappa shape index (κ3) is 4.00. The lowest BCUT2D eigenvalue weighted by Crippen LogP contribution is -2.38. The van der Waals surface area contributed by atoms with Crippen LogP contribution in [0.25, 0.3) is 0 Å². The van der Waals surface area contributed by atoms with Gasteiger partial charge in [0.15, 0.2) is 11.6 Å². The van der Waals surface area contributed by atoms with Crippen molar-refractivity contribution in [2.75, 3.05) is 11.9 Å². The van der Waals surface area contributed by atoms with Crippen molar-refractivity contribution in [2.24, 2.45) is 5.41 Å². The van der Waals surface area contributed by atoms with Crippen molar-refractivity contribution in [1.29, 1.82) is 0 Å². The Kier molecular flexibility index (Phi) is 5.91. The molecule has 1 aromatic rings. The van der Waals surface area contributed by atoms with E-state index in [4.69, 9.17) is 0 Å². The number of carbonyl (C=O) groups excluding carboxylic acids is 1. The standard InChI is InChI=1S/C14H18BrF2NO/c1-3-14(4-2,8-15)9-18-13(19)10-5-6-11(16)12(17)7-10/h5-7H,3-4,8-9H2,1-2H3,(H,18,19). The summed E-state index contributed by atoms with van der Waals surface area (Å²) in [6.07, 6.45) is 1.85. The average molecular weight is 334 g/mol. The molecule has 0 fully saturated rings. The molecule has 5 heteroatoms. The second-order valence-electron chi connectivity index (χ2n) is 4.65. The molecule has 1 amide bonds. The molecule has 0 radical (unpaired) electrons. The molecule has 19 heavy (non-hydrogen) atoms. The number of hydrogen-bond donors (Lipinski definition) is 1. The van der Waals surface area contributed by atoms with Gasteiger partial charge in [-0.3, -0.25) is 4.79 Å². The maximum Gasteiger partial charge on any atom is 0.251 e. The lowest BCUT2D eigenvalue weighted by atomic mass is 9.84. The minimum absolute atomic E-state index is 0.00572. The predicted molar refractivity (Wildman–Crippen MR) is 75.5 cm³/mol. The molecule has 0 spiro atoms. The van der Waals surface area contributed by atoms with Crippen molar-refractivity contribution < 1.29 is 13.6 Å². The van der Waals surface area contributed by atoms with Gasteiger partial charge in [0.05, 0.1) is 0 Å². The normalized spacial score (nSPS) is 11.4. The van der Waals surface area contributed by atoms with Gasteiger partial charge in [-0.15, -0.1) is 0 Å². The summed E-state index contributed by atoms with van der Waals surface area (Å²) in [5, 5.41) is 3.56. The highest BCUT2D eigenvalue weighted by Crippen LogP contribution is 2.27. The van der Waals surface area contributed by atoms with Gasteiger partial charge in [-0.25, -0.2) is 8.78 Å². The van der Waals surface area contributed by atoms with Gasteiger partial charge in [0.25, 0.3) is 5.91 Å². The fourth-order valence-corrected chi connectivity index (χ4v) is 2.73. The van der Waals surface area contributed by atoms with Crippen molar-refractivity contribution in [3.63, 3.8) is 0 Å². The number of amides is 1. The fourth-order valence-electron chi connectivity index (χ4n) is 1.74. The minimum atomic E-state index is -1.01. The van der Waals surface area contributed by atoms with Crippen molar-refractivity contribution in [3.8, 4) is 0 Å². The van der Waals surface area contributed by atoms with E-state index in [-0.39, 0.29) is 16.9 Å². The zero-order valence-corrected chi connectivity index (χ0v) is 12.7. The number of alkyl halides is 1. The second kappa shape index (κ2) is 6.98. The van der Waals surface area contributed by atoms with E-state index in [0.717, 1.165) is 30.3 Å². The zero-order valence-electron chi connectivity index (χ0n) is 11.1. The molecule has 0 saturated heterocycles. The van der Waals surface area contributed by atoms with Crippen LogP contribution in [0.4, 0.5) is 8.78 Å². The lowest BCUT2D eigenvalue weighted by molar-refractivity contribution is 0.0932. The Labute approximate surface area is 120 Å². The molecular weight excluding hydrogens is 316 g/mol. The van der Waals surface area contributed by atoms with Crippen LogP contribution >= 0.6 is 15.9 Å². The third-order valence-corrected chi connectivity index (χ3v) is 4.78. The third-order valence-electron chi connectivity index (χ3n) is 3.59. The van der Waals surface area contributed by atoms with Gasteiger partial charge in [-0.05, 0) is 36.5 Å². The first kappa shape index (κ1) is 16.1. The summed E-state index contributed by atoms with van der Waals surface area (Å²) in [7, 11) is 0. The SMILES string of the molecule is CCC(CC)(CBr)CNC(=O)c1ccc(F)c(F)c1. The summed E-state index contributed by atoms with van der Waals surface area (Å²) < 4.78 is 25.8. The molecule has 1 rings (SSSR count). The summed E-state index contributed by atoms with van der Waals surface area (Å²) in [5.41, 5.74) is 0.128. The molecule has 0 heterocycles. The van der Waals surface area contributed by atoms with Gasteiger partial charge in [0.2, 0.25) is 0 Å². The Morgan fingerprint density at radius 1 is 1.26 bits per heavy atom. The van der Waals surface area contributed by atoms with Gasteiger partial charge in [-0.1, -0.05) is 29.8 Å². The maximum absolute atomic E-state index is 13.0. The van der Waals surface area contributed by atoms with Crippen molar-refractivity contribution in [1.82, 2.24) is 5.32 Å². The maximum atomic E-state index is 13.0. The summed E-state index contributed by atoms with van der Waals surface area (Å²) in [6, 6.07) is 3.15. The highest BCUT2D eigenvalue weighted by Gasteiger charge is 2.25. The Morgan fingerprint density at radius 3 is 2.37 bits per heavy atom. The van der Waals surface area contributed by atoms with Crippen molar-refractivity contribution in [2.45, 2.75) is 26.7 Å². The first-order chi connectivity index (χ1) is 8.98. The van der Waals surface area contributed by atoms with Crippen LogP contribution in [-0.2, 0) is 0 Å². The van der Waals surface area contributed by atoms with Crippen LogP contribution in [0.2, 0.25) is 0 Å². The van der Waals surface area contributed by atoms with Crippen LogP contribution in [0.5, 0.6) is 0 Å². The van der Waals surface area contributed by atoms with Gasteiger partial charge in [0.1, 0.15) is 0 Å². The van der Waals surface area contributed by atoms with Crippen LogP contribution in [0.3, 0.4) is 0 Å². The van der Waals surface area contributed by atoms with E-state index in [0.29, 0.717) is 6.54 Å². The number of benzene rings is 1. The van der Waals surface area contributed by atoms with E-state index >= 15 is 0 Å². The minimum Gasteiger partial charge on any atom is -0.351 e. The Morgan fingerprint density at radius 2 is 1.89 bits per heavy atom. The molecule has 0 saturated carbocycles. The molecule has 0 aromatic heterocycles. The molecule has 0 unspecified atom stereocenters. The van der Waals surface area contributed by atoms with E-state index < -0.39 is 11.6 Å². The Balaban J connectivity index is 2.72. The molecule has 0 bridgehead atoms. The van der Waals surface area contributed by atoms with Crippen LogP contribution in [0, 0.1) is 17.0 Å². The number of hydrogen-bond acceptors (Lipinski definition) is 1. The van der Waals surface area contributed by atoms with Crippen molar-refractivity contribution in [3.05, 3.63) is 35.4 Å². The van der Waals surface area contributed by atoms with Gasteiger partial charge >= 0.3 is 0 Å². The highest BCUT2D eigenvalue weighted by molar-refractivity contribution is 9.09. The predicted octanol–water partition coefficient (Wildman–Crippen LogP) is 3.90. The van der Waals surface area contributed by atoms with Crippen LogP contribution in [0.1, 0.15) is 37.0 Å². The first-order valence-electron chi connectivity index (χ1n) is 6.27. The van der Waals surface area contributed by atoms with Gasteiger partial charge < -0.3 is 5.32 Å². The molecule has 0 aliphatic rings. The molecule has 106 valence electrons. The molecule has 1 N–H and O–H groups in total. The number of nitrogens with one attached hydrogen (secondary N) is 1. The molecule has 1 aromatic carbocycles. The summed E-state index contributed by atoms with van der Waals surface area (Å²) in [6.45, 7) is 4.63. The highest BCUT2D eigenvalue weighted by atomic mass is 79.9. The monoisotopic (exact) mass is 333 g/mol. The van der Waals surface area contributed by atoms with E-state index in [1.54, 1.807) is 0 Å². The average Bonchev–Trinajstić information content (AvgIpc) is 2.43. The van der Waals surface area contributed by atoms with Crippen molar-refractivity contribution >= 4 is 21.8 Å². The first-order valence-corrected chi connectivity index (χ1v) is 7.39. The topological polar surface area (TPSA) is 29.1 Å². The lowest BCUT2D eigenvalue weighted by Gasteiger charge is -2.29. The Bertz CT molecular complexity index is 439. The summed E-state index contributed by atoms with van der Waals surface area (Å²) >= 11 is 3.46. The molecule has 0 aliphatic carbocycles. The Hall–Kier alpha value is -0.970. The number of halogens is 3. The number of rotatable bonds is 6. The quantitative estimate of drug-likeness (QED) is 0.786. The summed E-state index contributed by atoms with van der Waals surface area (Å²) in [5.74, 6) is -2.34. The number of carbonyl (C=O) groups is 1. The van der Waals surface area contributed by atoms with E-state index in [1.165, 1.54) is 6.07 Å². The molecular formula is C14H18BrF2NO. The smallest absolute Gasteiger partial charge is 0.251 e. The molecule has 0 aliphatic heterocycles. The zero-order chi connectivity index (χ0) is 14.5. The summed E-state index contributed by atoms with van der Waals surface area (Å²) in [4.78, 5) is 11.9. The molecule has 2 nitrogen and oxygen atoms in total.